The topological polar surface area (TPSA) is 9.23 Å². The van der Waals surface area contributed by atoms with Crippen molar-refractivity contribution in [3.63, 3.8) is 0 Å². The third-order valence-corrected chi connectivity index (χ3v) is 13.1. The molecule has 2 heteroatoms. The Morgan fingerprint density at radius 3 is 2.26 bits per heavy atom. The SMILES string of the molecule is CC(C)=CCC[C@@H](C)[C@H]1CC[C@@]2(C)C3=C(CC[C@]12C)[C@@]1(C)CCC(O[Si](C)(C)C)C(C)(C)[C@@H]1CC3. The number of allylic oxidation sites excluding steroid dienone is 4. The molecule has 0 N–H and O–H groups in total. The van der Waals surface area contributed by atoms with E-state index in [0.29, 0.717) is 22.3 Å². The molecule has 0 aliphatic heterocycles. The maximum absolute atomic E-state index is 6.84. The number of fused-ring (bicyclic) bond motifs is 4. The molecule has 4 aliphatic rings. The summed E-state index contributed by atoms with van der Waals surface area (Å²) in [5.74, 6) is 2.48. The molecule has 7 atom stereocenters. The summed E-state index contributed by atoms with van der Waals surface area (Å²) < 4.78 is 6.84. The van der Waals surface area contributed by atoms with Gasteiger partial charge < -0.3 is 4.43 Å². The van der Waals surface area contributed by atoms with Gasteiger partial charge >= 0.3 is 0 Å². The molecule has 35 heavy (non-hydrogen) atoms. The van der Waals surface area contributed by atoms with E-state index in [1.165, 1.54) is 69.8 Å². The van der Waals surface area contributed by atoms with Crippen LogP contribution in [0.25, 0.3) is 0 Å². The van der Waals surface area contributed by atoms with E-state index < -0.39 is 8.32 Å². The van der Waals surface area contributed by atoms with Crippen molar-refractivity contribution < 1.29 is 4.43 Å². The largest absolute Gasteiger partial charge is 0.414 e. The van der Waals surface area contributed by atoms with Gasteiger partial charge in [-0.3, -0.25) is 0 Å². The van der Waals surface area contributed by atoms with Crippen molar-refractivity contribution in [1.29, 1.82) is 0 Å². The Bertz CT molecular complexity index is 870. The van der Waals surface area contributed by atoms with E-state index in [1.54, 1.807) is 0 Å². The molecule has 0 amide bonds. The molecular formula is C33H58OSi. The average Bonchev–Trinajstić information content (AvgIpc) is 3.01. The van der Waals surface area contributed by atoms with Gasteiger partial charge in [-0.1, -0.05) is 64.3 Å². The first-order valence-electron chi connectivity index (χ1n) is 15.1. The minimum atomic E-state index is -1.54. The Kier molecular flexibility index (Phi) is 7.23. The summed E-state index contributed by atoms with van der Waals surface area (Å²) in [6, 6.07) is 0. The normalized spacial score (nSPS) is 41.6. The third kappa shape index (κ3) is 4.49. The third-order valence-electron chi connectivity index (χ3n) is 12.1. The lowest BCUT2D eigenvalue weighted by Crippen LogP contribution is -2.56. The molecule has 2 fully saturated rings. The molecule has 0 aromatic carbocycles. The predicted octanol–water partition coefficient (Wildman–Crippen LogP) is 10.3. The first kappa shape index (κ1) is 27.7. The first-order valence-corrected chi connectivity index (χ1v) is 18.5. The van der Waals surface area contributed by atoms with Crippen LogP contribution in [0.5, 0.6) is 0 Å². The van der Waals surface area contributed by atoms with E-state index in [2.05, 4.69) is 81.1 Å². The Labute approximate surface area is 220 Å². The summed E-state index contributed by atoms with van der Waals surface area (Å²) in [6.07, 6.45) is 16.5. The Morgan fingerprint density at radius 1 is 0.943 bits per heavy atom. The Balaban J connectivity index is 1.62. The number of rotatable bonds is 6. The lowest BCUT2D eigenvalue weighted by Gasteiger charge is -2.63. The molecule has 4 aliphatic carbocycles. The van der Waals surface area contributed by atoms with E-state index in [-0.39, 0.29) is 5.41 Å². The second-order valence-electron chi connectivity index (χ2n) is 15.8. The first-order chi connectivity index (χ1) is 16.1. The summed E-state index contributed by atoms with van der Waals surface area (Å²) in [5, 5.41) is 0. The van der Waals surface area contributed by atoms with E-state index in [9.17, 15) is 0 Å². The smallest absolute Gasteiger partial charge is 0.184 e. The van der Waals surface area contributed by atoms with Crippen LogP contribution in [0.1, 0.15) is 120 Å². The molecule has 2 saturated carbocycles. The van der Waals surface area contributed by atoms with Crippen molar-refractivity contribution in [2.45, 2.75) is 145 Å². The van der Waals surface area contributed by atoms with Gasteiger partial charge in [0.05, 0.1) is 6.10 Å². The van der Waals surface area contributed by atoms with Gasteiger partial charge in [0.15, 0.2) is 8.32 Å². The van der Waals surface area contributed by atoms with Gasteiger partial charge in [-0.25, -0.2) is 0 Å². The monoisotopic (exact) mass is 498 g/mol. The van der Waals surface area contributed by atoms with Gasteiger partial charge in [-0.05, 0) is 137 Å². The van der Waals surface area contributed by atoms with Gasteiger partial charge in [0, 0.05) is 0 Å². The standard InChI is InChI=1S/C33H58OSi/c1-23(2)13-12-14-24(3)25-17-21-33(8)27-15-16-28-30(4,5)29(34-35(9,10)11)19-20-31(28,6)26(27)18-22-32(25,33)7/h13,24-25,28-29H,12,14-22H2,1-11H3/t24-,25-,28+,29?,31-,32-,33+/m1/s1. The highest BCUT2D eigenvalue weighted by atomic mass is 28.4. The van der Waals surface area contributed by atoms with Crippen LogP contribution < -0.4 is 0 Å². The van der Waals surface area contributed by atoms with Gasteiger partial charge in [-0.2, -0.15) is 0 Å². The zero-order valence-corrected chi connectivity index (χ0v) is 26.4. The Morgan fingerprint density at radius 2 is 1.63 bits per heavy atom. The van der Waals surface area contributed by atoms with Crippen LogP contribution in [0.4, 0.5) is 0 Å². The van der Waals surface area contributed by atoms with E-state index in [4.69, 9.17) is 4.43 Å². The van der Waals surface area contributed by atoms with Crippen molar-refractivity contribution in [2.24, 2.45) is 39.4 Å². The summed E-state index contributed by atoms with van der Waals surface area (Å²) >= 11 is 0. The van der Waals surface area contributed by atoms with Crippen LogP contribution >= 0.6 is 0 Å². The zero-order chi connectivity index (χ0) is 26.0. The molecule has 0 aromatic rings. The van der Waals surface area contributed by atoms with Crippen LogP contribution in [0.3, 0.4) is 0 Å². The molecule has 4 rings (SSSR count). The van der Waals surface area contributed by atoms with Gasteiger partial charge in [-0.15, -0.1) is 0 Å². The van der Waals surface area contributed by atoms with Crippen LogP contribution in [-0.4, -0.2) is 14.4 Å². The van der Waals surface area contributed by atoms with E-state index in [1.807, 2.05) is 11.1 Å². The van der Waals surface area contributed by atoms with Crippen molar-refractivity contribution in [3.05, 3.63) is 22.8 Å². The van der Waals surface area contributed by atoms with Gasteiger partial charge in [0.1, 0.15) is 0 Å². The van der Waals surface area contributed by atoms with Crippen molar-refractivity contribution >= 4 is 8.32 Å². The van der Waals surface area contributed by atoms with Crippen LogP contribution in [0.2, 0.25) is 19.6 Å². The van der Waals surface area contributed by atoms with Crippen molar-refractivity contribution in [2.75, 3.05) is 0 Å². The summed E-state index contributed by atoms with van der Waals surface area (Å²) in [6.45, 7) is 27.4. The van der Waals surface area contributed by atoms with Crippen LogP contribution in [-0.2, 0) is 4.43 Å². The van der Waals surface area contributed by atoms with Crippen LogP contribution in [0, 0.1) is 39.4 Å². The van der Waals surface area contributed by atoms with Gasteiger partial charge in [0.25, 0.3) is 0 Å². The highest BCUT2D eigenvalue weighted by molar-refractivity contribution is 6.69. The minimum Gasteiger partial charge on any atom is -0.414 e. The van der Waals surface area contributed by atoms with Crippen molar-refractivity contribution in [1.82, 2.24) is 0 Å². The fourth-order valence-corrected chi connectivity index (χ4v) is 11.4. The maximum atomic E-state index is 6.84. The van der Waals surface area contributed by atoms with E-state index >= 15 is 0 Å². The molecular weight excluding hydrogens is 440 g/mol. The molecule has 1 unspecified atom stereocenters. The quantitative estimate of drug-likeness (QED) is 0.261. The lowest BCUT2D eigenvalue weighted by molar-refractivity contribution is -0.0885. The second kappa shape index (κ2) is 9.14. The molecule has 1 nitrogen and oxygen atoms in total. The second-order valence-corrected chi connectivity index (χ2v) is 20.2. The molecule has 0 radical (unpaired) electrons. The summed E-state index contributed by atoms with van der Waals surface area (Å²) in [4.78, 5) is 0. The molecule has 0 aromatic heterocycles. The lowest BCUT2D eigenvalue weighted by atomic mass is 9.43. The zero-order valence-electron chi connectivity index (χ0n) is 25.4. The number of hydrogen-bond acceptors (Lipinski definition) is 1. The molecule has 0 heterocycles. The summed E-state index contributed by atoms with van der Waals surface area (Å²) in [5.41, 5.74) is 6.88. The maximum Gasteiger partial charge on any atom is 0.184 e. The fraction of sp³-hybridized carbons (Fsp3) is 0.879. The molecule has 200 valence electrons. The highest BCUT2D eigenvalue weighted by Crippen LogP contribution is 2.72. The van der Waals surface area contributed by atoms with Crippen molar-refractivity contribution in [3.8, 4) is 0 Å². The van der Waals surface area contributed by atoms with Gasteiger partial charge in [0.2, 0.25) is 0 Å². The van der Waals surface area contributed by atoms with E-state index in [0.717, 1.165) is 17.8 Å². The minimum absolute atomic E-state index is 0.269. The molecule has 0 spiro atoms. The molecule has 0 bridgehead atoms. The highest BCUT2D eigenvalue weighted by Gasteiger charge is 2.63. The average molecular weight is 499 g/mol. The van der Waals surface area contributed by atoms with Crippen LogP contribution in [0.15, 0.2) is 22.8 Å². The molecule has 0 saturated heterocycles. The fourth-order valence-electron chi connectivity index (χ4n) is 10.1. The number of hydrogen-bond donors (Lipinski definition) is 0. The Hall–Kier alpha value is -0.343. The summed E-state index contributed by atoms with van der Waals surface area (Å²) in [7, 11) is -1.54. The predicted molar refractivity (Wildman–Crippen MR) is 155 cm³/mol.